The third-order valence-electron chi connectivity index (χ3n) is 13.1. The average molecular weight is 1050 g/mol. The number of nitrogens with zero attached hydrogens (tertiary/aromatic N) is 4. The molecule has 11 aromatic rings. The predicted octanol–water partition coefficient (Wildman–Crippen LogP) is 12.1. The van der Waals surface area contributed by atoms with Gasteiger partial charge in [-0.25, -0.2) is 9.55 Å². The molecule has 324 valence electrons. The van der Waals surface area contributed by atoms with Gasteiger partial charge in [-0.1, -0.05) is 161 Å². The van der Waals surface area contributed by atoms with Crippen molar-refractivity contribution in [1.82, 2.24) is 18.7 Å². The van der Waals surface area contributed by atoms with E-state index < -0.39 is 8.07 Å². The molecule has 0 unspecified atom stereocenters. The summed E-state index contributed by atoms with van der Waals surface area (Å²) in [7, 11) is -3.15. The van der Waals surface area contributed by atoms with Crippen molar-refractivity contribution in [3.63, 3.8) is 0 Å². The van der Waals surface area contributed by atoms with Crippen molar-refractivity contribution in [1.29, 1.82) is 0 Å². The molecule has 11 rings (SSSR count). The van der Waals surface area contributed by atoms with E-state index in [1.54, 1.807) is 0 Å². The molecular weight excluding hydrogens is 1000 g/mol. The molecule has 4 nitrogen and oxygen atoms in total. The van der Waals surface area contributed by atoms with E-state index in [1.165, 1.54) is 38.0 Å². The second-order valence-corrected chi connectivity index (χ2v) is 21.4. The molecule has 0 atom stereocenters. The summed E-state index contributed by atoms with van der Waals surface area (Å²) in [6, 6.07) is 81.0. The Morgan fingerprint density at radius 2 is 1.06 bits per heavy atom. The van der Waals surface area contributed by atoms with Crippen molar-refractivity contribution < 1.29 is 21.1 Å². The third-order valence-corrected chi connectivity index (χ3v) is 17.7. The molecular formula is C60H49N4PtSi-. The first kappa shape index (κ1) is 43.0. The van der Waals surface area contributed by atoms with Crippen molar-refractivity contribution in [2.24, 2.45) is 0 Å². The molecule has 3 heterocycles. The zero-order chi connectivity index (χ0) is 44.1. The van der Waals surface area contributed by atoms with E-state index in [4.69, 9.17) is 4.98 Å². The first-order valence-corrected chi connectivity index (χ1v) is 24.7. The third kappa shape index (κ3) is 7.19. The zero-order valence-corrected chi connectivity index (χ0v) is 40.7. The van der Waals surface area contributed by atoms with Gasteiger partial charge in [0.15, 0.2) is 17.4 Å². The molecule has 0 aliphatic heterocycles. The van der Waals surface area contributed by atoms with Gasteiger partial charge < -0.3 is 4.57 Å². The predicted molar refractivity (Wildman–Crippen MR) is 274 cm³/mol. The number of rotatable bonds is 10. The van der Waals surface area contributed by atoms with E-state index in [9.17, 15) is 0 Å². The molecule has 0 radical (unpaired) electrons. The molecule has 6 heteroatoms. The minimum atomic E-state index is -3.15. The van der Waals surface area contributed by atoms with Crippen LogP contribution in [-0.4, -0.2) is 26.8 Å². The quantitative estimate of drug-likeness (QED) is 0.0762. The second kappa shape index (κ2) is 17.8. The van der Waals surface area contributed by atoms with Gasteiger partial charge in [-0.05, 0) is 80.2 Å². The summed E-state index contributed by atoms with van der Waals surface area (Å²) in [5.41, 5.74) is 11.6. The van der Waals surface area contributed by atoms with Gasteiger partial charge in [0, 0.05) is 50.6 Å². The fourth-order valence-electron chi connectivity index (χ4n) is 10.2. The summed E-state index contributed by atoms with van der Waals surface area (Å²) in [6.07, 6.45) is 4.18. The Morgan fingerprint density at radius 1 is 0.500 bits per heavy atom. The Hall–Kier alpha value is -6.91. The van der Waals surface area contributed by atoms with Crippen molar-refractivity contribution >= 4 is 61.7 Å². The van der Waals surface area contributed by atoms with E-state index in [2.05, 4.69) is 260 Å². The first-order chi connectivity index (χ1) is 31.9. The number of aromatic nitrogens is 4. The van der Waals surface area contributed by atoms with Crippen LogP contribution in [-0.2, 0) is 21.1 Å². The fourth-order valence-corrected chi connectivity index (χ4v) is 14.7. The molecule has 0 saturated carbocycles. The molecule has 3 aromatic heterocycles. The average Bonchev–Trinajstić information content (AvgIpc) is 3.91. The summed E-state index contributed by atoms with van der Waals surface area (Å²) in [5, 5.41) is 7.16. The van der Waals surface area contributed by atoms with Crippen LogP contribution in [0.1, 0.15) is 50.7 Å². The second-order valence-electron chi connectivity index (χ2n) is 17.6. The van der Waals surface area contributed by atoms with Crippen LogP contribution in [0, 0.1) is 12.1 Å². The van der Waals surface area contributed by atoms with Crippen molar-refractivity contribution in [2.75, 3.05) is 0 Å². The molecule has 0 fully saturated rings. The van der Waals surface area contributed by atoms with Gasteiger partial charge >= 0.3 is 0 Å². The number of hydrogen-bond donors (Lipinski definition) is 0. The van der Waals surface area contributed by atoms with Gasteiger partial charge in [-0.15, -0.1) is 17.5 Å². The molecule has 0 bridgehead atoms. The van der Waals surface area contributed by atoms with Crippen LogP contribution in [0.2, 0.25) is 0 Å². The Morgan fingerprint density at radius 3 is 1.71 bits per heavy atom. The smallest absolute Gasteiger partial charge is 0.168 e. The van der Waals surface area contributed by atoms with E-state index >= 15 is 0 Å². The Bertz CT molecular complexity index is 3440. The molecule has 0 amide bonds. The molecule has 0 aliphatic rings. The molecule has 0 spiro atoms. The van der Waals surface area contributed by atoms with Gasteiger partial charge in [0.05, 0.1) is 0 Å². The Balaban J connectivity index is 0.00000511. The van der Waals surface area contributed by atoms with Crippen LogP contribution in [0.25, 0.3) is 61.2 Å². The summed E-state index contributed by atoms with van der Waals surface area (Å²) in [5.74, 6) is 1.62. The standard InChI is InChI=1S/C60H49N4Si.Pt/c1-42(2)51-29-19-30-52(43(3)4)60(51)44-36-37-61-59(38-44)64-55-31-15-14-28-53(55)54-35-34-50(40-58(54)64)65(47-23-10-6-11-24-47,48-25-12-7-13-26-48)49-27-18-22-46(39-49)63-41-62(45-20-8-5-9-21-45)56-32-16-17-33-57(56)63;/h5-38,41-43H,1-4H3;/q-1;. The number of imidazole rings is 1. The SMILES string of the molecule is CC(C)c1cccc(C(C)C)c1-c1ccnc(-n2c3[c-]c([Si](c4[c-]c(-n5[cH+]n(-c6ccccc6)c6ccccc65)ccc4)(c4ccccc4)c4ccccc4)ccc3c3ccccc32)c1.[Pt]. The van der Waals surface area contributed by atoms with Gasteiger partial charge in [-0.2, -0.15) is 45.3 Å². The maximum atomic E-state index is 5.16. The van der Waals surface area contributed by atoms with Crippen molar-refractivity contribution in [2.45, 2.75) is 39.5 Å². The van der Waals surface area contributed by atoms with Gasteiger partial charge in [0.1, 0.15) is 19.6 Å². The van der Waals surface area contributed by atoms with Gasteiger partial charge in [0.2, 0.25) is 0 Å². The summed E-state index contributed by atoms with van der Waals surface area (Å²) < 4.78 is 6.89. The van der Waals surface area contributed by atoms with E-state index in [-0.39, 0.29) is 21.1 Å². The summed E-state index contributed by atoms with van der Waals surface area (Å²) in [4.78, 5) is 5.16. The number of pyridine rings is 1. The Kier molecular flexibility index (Phi) is 11.6. The monoisotopic (exact) mass is 1050 g/mol. The van der Waals surface area contributed by atoms with Crippen LogP contribution in [0.5, 0.6) is 0 Å². The normalized spacial score (nSPS) is 11.8. The van der Waals surface area contributed by atoms with Gasteiger partial charge in [0.25, 0.3) is 0 Å². The van der Waals surface area contributed by atoms with Crippen LogP contribution in [0.3, 0.4) is 0 Å². The van der Waals surface area contributed by atoms with Crippen LogP contribution in [0.4, 0.5) is 0 Å². The van der Waals surface area contributed by atoms with Crippen LogP contribution in [0.15, 0.2) is 213 Å². The molecule has 0 N–H and O–H groups in total. The summed E-state index contributed by atoms with van der Waals surface area (Å²) >= 11 is 0. The zero-order valence-electron chi connectivity index (χ0n) is 37.5. The maximum absolute atomic E-state index is 5.16. The molecule has 8 aromatic carbocycles. The minimum Gasteiger partial charge on any atom is -0.319 e. The van der Waals surface area contributed by atoms with Crippen LogP contribution < -0.4 is 20.7 Å². The molecule has 0 saturated heterocycles. The number of hydrogen-bond acceptors (Lipinski definition) is 1. The largest absolute Gasteiger partial charge is 0.319 e. The number of benzene rings is 8. The molecule has 0 aliphatic carbocycles. The van der Waals surface area contributed by atoms with E-state index in [1.807, 2.05) is 6.20 Å². The van der Waals surface area contributed by atoms with E-state index in [0.717, 1.165) is 55.0 Å². The molecule has 66 heavy (non-hydrogen) atoms. The van der Waals surface area contributed by atoms with Crippen molar-refractivity contribution in [3.8, 4) is 28.3 Å². The first-order valence-electron chi connectivity index (χ1n) is 22.7. The minimum absolute atomic E-state index is 0. The van der Waals surface area contributed by atoms with E-state index in [0.29, 0.717) is 11.8 Å². The number of fused-ring (bicyclic) bond motifs is 4. The maximum Gasteiger partial charge on any atom is 0.168 e. The van der Waals surface area contributed by atoms with Crippen molar-refractivity contribution in [3.05, 3.63) is 236 Å². The van der Waals surface area contributed by atoms with Crippen LogP contribution >= 0.6 is 0 Å². The summed E-state index contributed by atoms with van der Waals surface area (Å²) in [6.45, 7) is 9.16. The van der Waals surface area contributed by atoms with Gasteiger partial charge in [-0.3, -0.25) is 0 Å². The Labute approximate surface area is 402 Å². The topological polar surface area (TPSA) is 27.7 Å². The fraction of sp³-hybridized carbons (Fsp3) is 0.100. The number of para-hydroxylation sites is 4.